The molecule has 0 atom stereocenters. The van der Waals surface area contributed by atoms with Crippen LogP contribution in [0.1, 0.15) is 0 Å². The number of benzene rings is 1. The van der Waals surface area contributed by atoms with Gasteiger partial charge in [-0.1, -0.05) is 6.07 Å². The van der Waals surface area contributed by atoms with Gasteiger partial charge in [0, 0.05) is 12.2 Å². The van der Waals surface area contributed by atoms with Crippen LogP contribution in [0.5, 0.6) is 5.88 Å². The minimum absolute atomic E-state index is 0.399. The molecule has 0 fully saturated rings. The van der Waals surface area contributed by atoms with Crippen molar-refractivity contribution in [2.75, 3.05) is 18.9 Å². The van der Waals surface area contributed by atoms with Crippen LogP contribution in [-0.2, 0) is 0 Å². The molecule has 1 aromatic carbocycles. The molecule has 0 radical (unpaired) electrons. The second-order valence-corrected chi connectivity index (χ2v) is 2.85. The average Bonchev–Trinajstić information content (AvgIpc) is 2.59. The van der Waals surface area contributed by atoms with E-state index in [1.807, 2.05) is 0 Å². The lowest BCUT2D eigenvalue weighted by molar-refractivity contribution is 0.293. The molecule has 74 valence electrons. The Kier molecular flexibility index (Phi) is 2.24. The van der Waals surface area contributed by atoms with Crippen LogP contribution in [0.15, 0.2) is 22.7 Å². The maximum Gasteiger partial charge on any atom is 0.264 e. The Morgan fingerprint density at radius 1 is 1.43 bits per heavy atom. The number of hydrogen-bond donors (Lipinski definition) is 2. The fourth-order valence-corrected chi connectivity index (χ4v) is 1.24. The van der Waals surface area contributed by atoms with Crippen LogP contribution in [0.4, 0.5) is 5.69 Å². The van der Waals surface area contributed by atoms with Gasteiger partial charge in [-0.25, -0.2) is 0 Å². The molecule has 14 heavy (non-hydrogen) atoms. The molecule has 0 aliphatic heterocycles. The number of hydrogen-bond acceptors (Lipinski definition) is 5. The van der Waals surface area contributed by atoms with Gasteiger partial charge in [-0.3, -0.25) is 0 Å². The number of nitrogens with two attached hydrogens (primary N) is 2. The van der Waals surface area contributed by atoms with Crippen molar-refractivity contribution in [1.82, 2.24) is 5.16 Å². The van der Waals surface area contributed by atoms with Crippen LogP contribution in [0.25, 0.3) is 11.0 Å². The molecule has 2 aromatic rings. The van der Waals surface area contributed by atoms with E-state index in [9.17, 15) is 0 Å². The van der Waals surface area contributed by atoms with Gasteiger partial charge in [0.2, 0.25) is 0 Å². The number of aromatic nitrogens is 1. The Morgan fingerprint density at radius 3 is 3.07 bits per heavy atom. The first-order chi connectivity index (χ1) is 6.83. The smallest absolute Gasteiger partial charge is 0.264 e. The summed E-state index contributed by atoms with van der Waals surface area (Å²) in [5.41, 5.74) is 12.3. The summed E-state index contributed by atoms with van der Waals surface area (Å²) in [7, 11) is 0. The predicted molar refractivity (Wildman–Crippen MR) is 53.0 cm³/mol. The highest BCUT2D eigenvalue weighted by Gasteiger charge is 2.11. The summed E-state index contributed by atoms with van der Waals surface area (Å²) in [5, 5.41) is 4.47. The van der Waals surface area contributed by atoms with Gasteiger partial charge in [-0.15, -0.1) is 0 Å². The van der Waals surface area contributed by atoms with Gasteiger partial charge < -0.3 is 20.7 Å². The minimum Gasteiger partial charge on any atom is -0.474 e. The van der Waals surface area contributed by atoms with Crippen molar-refractivity contribution in [2.24, 2.45) is 5.73 Å². The number of nitrogen functional groups attached to an aromatic ring is 1. The topological polar surface area (TPSA) is 87.3 Å². The van der Waals surface area contributed by atoms with Crippen LogP contribution in [0, 0.1) is 0 Å². The number of rotatable bonds is 3. The van der Waals surface area contributed by atoms with Crippen molar-refractivity contribution in [3.8, 4) is 5.88 Å². The summed E-state index contributed by atoms with van der Waals surface area (Å²) in [5.74, 6) is 0.406. The fourth-order valence-electron chi connectivity index (χ4n) is 1.24. The van der Waals surface area contributed by atoms with Gasteiger partial charge in [0.15, 0.2) is 5.58 Å². The van der Waals surface area contributed by atoms with Gasteiger partial charge in [-0.05, 0) is 17.3 Å². The first-order valence-electron chi connectivity index (χ1n) is 4.29. The van der Waals surface area contributed by atoms with E-state index in [1.165, 1.54) is 0 Å². The van der Waals surface area contributed by atoms with Crippen LogP contribution in [-0.4, -0.2) is 18.3 Å². The second kappa shape index (κ2) is 3.55. The number of ether oxygens (including phenoxy) is 1. The second-order valence-electron chi connectivity index (χ2n) is 2.85. The van der Waals surface area contributed by atoms with E-state index in [2.05, 4.69) is 5.16 Å². The lowest BCUT2D eigenvalue weighted by atomic mass is 10.2. The zero-order valence-corrected chi connectivity index (χ0v) is 7.56. The molecule has 0 aliphatic carbocycles. The lowest BCUT2D eigenvalue weighted by Gasteiger charge is -2.00. The lowest BCUT2D eigenvalue weighted by Crippen LogP contribution is -2.10. The molecule has 5 nitrogen and oxygen atoms in total. The van der Waals surface area contributed by atoms with Crippen molar-refractivity contribution in [3.63, 3.8) is 0 Å². The Morgan fingerprint density at radius 2 is 2.29 bits per heavy atom. The van der Waals surface area contributed by atoms with E-state index >= 15 is 0 Å². The molecule has 0 amide bonds. The first kappa shape index (κ1) is 8.83. The monoisotopic (exact) mass is 193 g/mol. The molecular weight excluding hydrogens is 182 g/mol. The Hall–Kier alpha value is -1.75. The van der Waals surface area contributed by atoms with Crippen molar-refractivity contribution >= 4 is 16.7 Å². The summed E-state index contributed by atoms with van der Waals surface area (Å²) in [6, 6.07) is 5.36. The van der Waals surface area contributed by atoms with E-state index in [0.29, 0.717) is 35.7 Å². The third kappa shape index (κ3) is 1.38. The fraction of sp³-hybridized carbons (Fsp3) is 0.222. The summed E-state index contributed by atoms with van der Waals surface area (Å²) in [6.45, 7) is 0.830. The van der Waals surface area contributed by atoms with E-state index in [-0.39, 0.29) is 0 Å². The molecule has 1 heterocycles. The molecule has 5 heteroatoms. The molecule has 0 bridgehead atoms. The van der Waals surface area contributed by atoms with Crippen molar-refractivity contribution in [1.29, 1.82) is 0 Å². The normalized spacial score (nSPS) is 10.6. The number of fused-ring (bicyclic) bond motifs is 1. The zero-order chi connectivity index (χ0) is 9.97. The van der Waals surface area contributed by atoms with Crippen molar-refractivity contribution in [3.05, 3.63) is 18.2 Å². The molecule has 1 aromatic heterocycles. The standard InChI is InChI=1S/C9H11N3O2/c10-4-5-13-9-8-6(11)2-1-3-7(8)14-12-9/h1-3H,4-5,10-11H2. The number of nitrogens with zero attached hydrogens (tertiary/aromatic N) is 1. The Labute approximate surface area is 80.6 Å². The first-order valence-corrected chi connectivity index (χ1v) is 4.29. The third-order valence-corrected chi connectivity index (χ3v) is 1.86. The summed E-state index contributed by atoms with van der Waals surface area (Å²) in [4.78, 5) is 0. The van der Waals surface area contributed by atoms with Crippen LogP contribution in [0.3, 0.4) is 0 Å². The molecule has 0 unspecified atom stereocenters. The van der Waals surface area contributed by atoms with Crippen LogP contribution in [0.2, 0.25) is 0 Å². The quantitative estimate of drug-likeness (QED) is 0.702. The summed E-state index contributed by atoms with van der Waals surface area (Å²) in [6.07, 6.45) is 0. The van der Waals surface area contributed by atoms with E-state index < -0.39 is 0 Å². The predicted octanol–water partition coefficient (Wildman–Crippen LogP) is 0.747. The maximum absolute atomic E-state index is 5.76. The third-order valence-electron chi connectivity index (χ3n) is 1.86. The summed E-state index contributed by atoms with van der Waals surface area (Å²) < 4.78 is 10.3. The maximum atomic E-state index is 5.76. The summed E-state index contributed by atoms with van der Waals surface area (Å²) >= 11 is 0. The highest BCUT2D eigenvalue weighted by atomic mass is 16.5. The van der Waals surface area contributed by atoms with Gasteiger partial charge >= 0.3 is 0 Å². The molecule has 0 aliphatic rings. The molecule has 2 rings (SSSR count). The Balaban J connectivity index is 2.45. The SMILES string of the molecule is NCCOc1noc2cccc(N)c12. The average molecular weight is 193 g/mol. The molecule has 0 saturated heterocycles. The van der Waals surface area contributed by atoms with Gasteiger partial charge in [-0.2, -0.15) is 0 Å². The molecule has 0 spiro atoms. The van der Waals surface area contributed by atoms with E-state index in [0.717, 1.165) is 0 Å². The highest BCUT2D eigenvalue weighted by molar-refractivity contribution is 5.93. The molecular formula is C9H11N3O2. The van der Waals surface area contributed by atoms with Gasteiger partial charge in [0.1, 0.15) is 12.0 Å². The van der Waals surface area contributed by atoms with Gasteiger partial charge in [0.05, 0.1) is 0 Å². The minimum atomic E-state index is 0.399. The zero-order valence-electron chi connectivity index (χ0n) is 7.56. The van der Waals surface area contributed by atoms with Crippen molar-refractivity contribution in [2.45, 2.75) is 0 Å². The molecule has 4 N–H and O–H groups in total. The highest BCUT2D eigenvalue weighted by Crippen LogP contribution is 2.29. The van der Waals surface area contributed by atoms with Crippen LogP contribution < -0.4 is 16.2 Å². The van der Waals surface area contributed by atoms with Crippen LogP contribution >= 0.6 is 0 Å². The number of anilines is 1. The molecule has 0 saturated carbocycles. The van der Waals surface area contributed by atoms with Gasteiger partial charge in [0.25, 0.3) is 5.88 Å². The van der Waals surface area contributed by atoms with Crippen molar-refractivity contribution < 1.29 is 9.26 Å². The Bertz CT molecular complexity index is 439. The van der Waals surface area contributed by atoms with E-state index in [4.69, 9.17) is 20.7 Å². The van der Waals surface area contributed by atoms with E-state index in [1.54, 1.807) is 18.2 Å². The largest absolute Gasteiger partial charge is 0.474 e.